The van der Waals surface area contributed by atoms with Gasteiger partial charge in [0.25, 0.3) is 0 Å². The molecule has 1 amide bonds. The molecule has 0 aliphatic carbocycles. The van der Waals surface area contributed by atoms with Gasteiger partial charge in [-0.15, -0.1) is 0 Å². The van der Waals surface area contributed by atoms with Crippen LogP contribution in [0.15, 0.2) is 0 Å². The number of aromatic amines is 2. The van der Waals surface area contributed by atoms with Crippen molar-refractivity contribution in [1.82, 2.24) is 15.0 Å². The molecule has 0 aromatic carbocycles. The zero-order valence-electron chi connectivity index (χ0n) is 18.5. The minimum Gasteiger partial charge on any atom is -0.308 e. The Morgan fingerprint density at radius 2 is 1.24 bits per heavy atom. The molecule has 1 heterocycles. The summed E-state index contributed by atoms with van der Waals surface area (Å²) in [5.41, 5.74) is 0. The van der Waals surface area contributed by atoms with Gasteiger partial charge in [-0.25, -0.2) is 0 Å². The summed E-state index contributed by atoms with van der Waals surface area (Å²) in [6.45, 7) is 2.27. The summed E-state index contributed by atoms with van der Waals surface area (Å²) < 4.78 is 0.633. The molecule has 161 valence electrons. The van der Waals surface area contributed by atoms with E-state index in [-0.39, 0.29) is 62.1 Å². The van der Waals surface area contributed by atoms with Crippen LogP contribution in [0.2, 0.25) is 0 Å². The second kappa shape index (κ2) is 20.5. The second-order valence-electron chi connectivity index (χ2n) is 7.59. The van der Waals surface area contributed by atoms with Crippen LogP contribution in [0.3, 0.4) is 0 Å². The van der Waals surface area contributed by atoms with Gasteiger partial charge in [-0.3, -0.25) is 10.1 Å². The van der Waals surface area contributed by atoms with E-state index in [4.69, 9.17) is 24.4 Å². The number of carbonyl (C=O) groups is 1. The molecule has 1 radical (unpaired) electrons. The molecule has 0 fully saturated rings. The van der Waals surface area contributed by atoms with Gasteiger partial charge < -0.3 is 9.97 Å². The van der Waals surface area contributed by atoms with Crippen molar-refractivity contribution in [1.29, 1.82) is 0 Å². The van der Waals surface area contributed by atoms with Crippen molar-refractivity contribution in [3.63, 3.8) is 0 Å². The van der Waals surface area contributed by atoms with Gasteiger partial charge in [0.2, 0.25) is 16.6 Å². The molecule has 0 aliphatic heterocycles. The number of nitrogens with zero attached hydrogens (tertiary/aromatic N) is 1. The first-order valence-electron chi connectivity index (χ1n) is 11.1. The fraction of sp³-hybridized carbons (Fsp3) is 0.810. The fourth-order valence-electron chi connectivity index (χ4n) is 3.30. The Bertz CT molecular complexity index is 620. The maximum absolute atomic E-state index is 11.9. The minimum absolute atomic E-state index is 0. The maximum Gasteiger partial charge on any atom is 0.226 e. The molecule has 0 aliphatic rings. The molecule has 0 atom stereocenters. The van der Waals surface area contributed by atoms with E-state index in [1.807, 2.05) is 0 Å². The van der Waals surface area contributed by atoms with Crippen molar-refractivity contribution >= 4 is 87.7 Å². The van der Waals surface area contributed by atoms with Crippen molar-refractivity contribution in [2.24, 2.45) is 0 Å². The van der Waals surface area contributed by atoms with Crippen LogP contribution in [0.5, 0.6) is 0 Å². The molecule has 8 heteroatoms. The standard InChI is InChI=1S/C21H38N4OS2.K/c1-2-3-4-5-6-7-8-9-10-11-12-13-14-15-16-17-18(26)22-19-23-20(27)25-21(28)24-19;/h2-17H2,1H3,(H3,22,23,24,25,26,27,28);. The topological polar surface area (TPSA) is 73.6 Å². The third kappa shape index (κ3) is 17.9. The van der Waals surface area contributed by atoms with Gasteiger partial charge >= 0.3 is 0 Å². The van der Waals surface area contributed by atoms with Crippen LogP contribution in [-0.2, 0) is 4.79 Å². The van der Waals surface area contributed by atoms with Crippen LogP contribution < -0.4 is 5.32 Å². The summed E-state index contributed by atoms with van der Waals surface area (Å²) >= 11 is 9.92. The number of amides is 1. The van der Waals surface area contributed by atoms with Crippen LogP contribution >= 0.6 is 24.4 Å². The predicted octanol–water partition coefficient (Wildman–Crippen LogP) is 7.02. The van der Waals surface area contributed by atoms with Crippen LogP contribution in [0.4, 0.5) is 5.95 Å². The van der Waals surface area contributed by atoms with Gasteiger partial charge in [-0.1, -0.05) is 96.8 Å². The summed E-state index contributed by atoms with van der Waals surface area (Å²) in [5.74, 6) is 0.271. The molecule has 0 saturated heterocycles. The molecule has 5 nitrogen and oxygen atoms in total. The average Bonchev–Trinajstić information content (AvgIpc) is 2.64. The average molecular weight is 466 g/mol. The van der Waals surface area contributed by atoms with E-state index in [0.29, 0.717) is 17.1 Å². The Labute approximate surface area is 229 Å². The smallest absolute Gasteiger partial charge is 0.226 e. The number of carbonyl (C=O) groups excluding carboxylic acids is 1. The van der Waals surface area contributed by atoms with Gasteiger partial charge in [0, 0.05) is 57.8 Å². The largest absolute Gasteiger partial charge is 0.308 e. The van der Waals surface area contributed by atoms with Crippen molar-refractivity contribution < 1.29 is 4.79 Å². The van der Waals surface area contributed by atoms with E-state index in [0.717, 1.165) is 12.8 Å². The van der Waals surface area contributed by atoms with Crippen molar-refractivity contribution in [2.45, 2.75) is 110 Å². The van der Waals surface area contributed by atoms with Gasteiger partial charge in [-0.2, -0.15) is 4.98 Å². The van der Waals surface area contributed by atoms with Crippen molar-refractivity contribution in [3.8, 4) is 0 Å². The van der Waals surface area contributed by atoms with E-state index in [1.165, 1.54) is 83.5 Å². The molecular weight excluding hydrogens is 427 g/mol. The summed E-state index contributed by atoms with van der Waals surface area (Å²) in [6.07, 6.45) is 20.3. The molecule has 1 aromatic rings. The Hall–Kier alpha value is 0.556. The molecule has 29 heavy (non-hydrogen) atoms. The number of rotatable bonds is 17. The number of anilines is 1. The molecule has 1 aromatic heterocycles. The number of hydrogen-bond acceptors (Lipinski definition) is 4. The summed E-state index contributed by atoms with van der Waals surface area (Å²) in [6, 6.07) is 0. The third-order valence-corrected chi connectivity index (χ3v) is 5.33. The first kappa shape index (κ1) is 29.6. The van der Waals surface area contributed by atoms with Crippen LogP contribution in [0.1, 0.15) is 110 Å². The first-order chi connectivity index (χ1) is 13.6. The quantitative estimate of drug-likeness (QED) is 0.131. The minimum atomic E-state index is -0.0477. The number of unbranched alkanes of at least 4 members (excludes halogenated alkanes) is 14. The van der Waals surface area contributed by atoms with Crippen molar-refractivity contribution in [2.75, 3.05) is 5.32 Å². The molecule has 1 rings (SSSR count). The number of nitrogens with one attached hydrogen (secondary N) is 3. The first-order valence-corrected chi connectivity index (χ1v) is 11.9. The summed E-state index contributed by atoms with van der Waals surface area (Å²) in [4.78, 5) is 21.4. The van der Waals surface area contributed by atoms with E-state index < -0.39 is 0 Å². The Kier molecular flexibility index (Phi) is 20.9. The zero-order chi connectivity index (χ0) is 20.5. The Morgan fingerprint density at radius 1 is 0.793 bits per heavy atom. The number of hydrogen-bond donors (Lipinski definition) is 3. The second-order valence-corrected chi connectivity index (χ2v) is 8.39. The van der Waals surface area contributed by atoms with E-state index in [2.05, 4.69) is 27.2 Å². The normalized spacial score (nSPS) is 10.5. The molecule has 0 spiro atoms. The summed E-state index contributed by atoms with van der Waals surface area (Å²) in [5, 5.41) is 2.71. The van der Waals surface area contributed by atoms with E-state index in [1.54, 1.807) is 0 Å². The van der Waals surface area contributed by atoms with Crippen LogP contribution in [-0.4, -0.2) is 72.2 Å². The third-order valence-electron chi connectivity index (χ3n) is 4.93. The maximum atomic E-state index is 11.9. The zero-order valence-corrected chi connectivity index (χ0v) is 23.2. The Morgan fingerprint density at radius 3 is 1.69 bits per heavy atom. The van der Waals surface area contributed by atoms with E-state index >= 15 is 0 Å². The number of aromatic nitrogens is 3. The summed E-state index contributed by atoms with van der Waals surface area (Å²) in [7, 11) is 0. The molecule has 0 saturated carbocycles. The molecule has 3 N–H and O–H groups in total. The van der Waals surface area contributed by atoms with Gasteiger partial charge in [-0.05, 0) is 30.9 Å². The van der Waals surface area contributed by atoms with E-state index in [9.17, 15) is 4.79 Å². The molecular formula is C21H38KN4OS2. The van der Waals surface area contributed by atoms with Gasteiger partial charge in [0.15, 0.2) is 4.77 Å². The van der Waals surface area contributed by atoms with Gasteiger partial charge in [0.05, 0.1) is 0 Å². The fourth-order valence-corrected chi connectivity index (χ4v) is 3.76. The molecule has 0 unspecified atom stereocenters. The van der Waals surface area contributed by atoms with Crippen molar-refractivity contribution in [3.05, 3.63) is 9.54 Å². The molecule has 0 bridgehead atoms. The van der Waals surface area contributed by atoms with Crippen LogP contribution in [0.25, 0.3) is 0 Å². The van der Waals surface area contributed by atoms with Gasteiger partial charge in [0.1, 0.15) is 0 Å². The monoisotopic (exact) mass is 465 g/mol. The van der Waals surface area contributed by atoms with Crippen LogP contribution in [0, 0.1) is 9.54 Å². The number of H-pyrrole nitrogens is 2. The predicted molar refractivity (Wildman–Crippen MR) is 129 cm³/mol. The SMILES string of the molecule is CCCCCCCCCCCCCCCCCC(=O)Nc1nc(=S)[nH]c(=S)[nH]1.[K]. The Balaban J connectivity index is 0.00000784.